The number of barbiturate groups is 1. The molecule has 0 atom stereocenters. The second-order valence-corrected chi connectivity index (χ2v) is 5.33. The number of hydrogen-bond donors (Lipinski definition) is 0. The normalized spacial score (nSPS) is 15.3. The van der Waals surface area contributed by atoms with Crippen LogP contribution in [0.15, 0.2) is 29.8 Å². The maximum atomic E-state index is 12.1. The molecule has 1 saturated heterocycles. The molecule has 2 rings (SSSR count). The molecule has 6 heteroatoms. The van der Waals surface area contributed by atoms with E-state index in [1.165, 1.54) is 20.2 Å². The van der Waals surface area contributed by atoms with Crippen LogP contribution in [0.2, 0.25) is 0 Å². The molecule has 0 saturated carbocycles. The van der Waals surface area contributed by atoms with Gasteiger partial charge in [0.05, 0.1) is 0 Å². The van der Waals surface area contributed by atoms with Crippen LogP contribution in [0, 0.1) is 0 Å². The number of rotatable bonds is 4. The van der Waals surface area contributed by atoms with Crippen LogP contribution in [0.4, 0.5) is 10.5 Å². The molecule has 1 heterocycles. The summed E-state index contributed by atoms with van der Waals surface area (Å²) in [6, 6.07) is 7.01. The van der Waals surface area contributed by atoms with E-state index in [1.54, 1.807) is 0 Å². The van der Waals surface area contributed by atoms with Gasteiger partial charge in [0.1, 0.15) is 5.57 Å². The average molecular weight is 315 g/mol. The highest BCUT2D eigenvalue weighted by Crippen LogP contribution is 2.20. The Balaban J connectivity index is 2.32. The molecule has 0 aromatic heterocycles. The van der Waals surface area contributed by atoms with Crippen LogP contribution in [-0.4, -0.2) is 54.8 Å². The molecule has 1 aromatic rings. The first-order valence-corrected chi connectivity index (χ1v) is 7.57. The van der Waals surface area contributed by atoms with Gasteiger partial charge in [0.2, 0.25) is 0 Å². The van der Waals surface area contributed by atoms with E-state index >= 15 is 0 Å². The Kier molecular flexibility index (Phi) is 4.83. The molecule has 0 N–H and O–H groups in total. The lowest BCUT2D eigenvalue weighted by molar-refractivity contribution is -0.134. The number of carbonyl (C=O) groups is 3. The molecule has 4 amide bonds. The zero-order chi connectivity index (χ0) is 17.1. The number of hydrogen-bond acceptors (Lipinski definition) is 4. The number of carbonyl (C=O) groups excluding carboxylic acids is 3. The van der Waals surface area contributed by atoms with Crippen molar-refractivity contribution in [1.82, 2.24) is 9.80 Å². The Bertz CT molecular complexity index is 634. The third-order valence-corrected chi connectivity index (χ3v) is 3.98. The number of benzene rings is 1. The molecule has 0 aliphatic carbocycles. The molecule has 6 nitrogen and oxygen atoms in total. The fourth-order valence-electron chi connectivity index (χ4n) is 2.51. The van der Waals surface area contributed by atoms with Crippen LogP contribution in [0.5, 0.6) is 0 Å². The lowest BCUT2D eigenvalue weighted by Crippen LogP contribution is -2.52. The zero-order valence-electron chi connectivity index (χ0n) is 13.9. The molecule has 0 bridgehead atoms. The average Bonchev–Trinajstić information content (AvgIpc) is 2.57. The van der Waals surface area contributed by atoms with Crippen molar-refractivity contribution >= 4 is 29.6 Å². The van der Waals surface area contributed by atoms with Gasteiger partial charge in [-0.1, -0.05) is 12.1 Å². The van der Waals surface area contributed by atoms with Gasteiger partial charge >= 0.3 is 6.03 Å². The van der Waals surface area contributed by atoms with E-state index in [4.69, 9.17) is 0 Å². The summed E-state index contributed by atoms with van der Waals surface area (Å²) in [6.45, 7) is 5.99. The molecule has 0 radical (unpaired) electrons. The fourth-order valence-corrected chi connectivity index (χ4v) is 2.51. The van der Waals surface area contributed by atoms with Crippen molar-refractivity contribution in [3.8, 4) is 0 Å². The van der Waals surface area contributed by atoms with Crippen LogP contribution in [0.3, 0.4) is 0 Å². The van der Waals surface area contributed by atoms with Crippen molar-refractivity contribution in [3.05, 3.63) is 35.4 Å². The molecule has 1 aliphatic rings. The predicted molar refractivity (Wildman–Crippen MR) is 88.9 cm³/mol. The number of amides is 4. The molecule has 122 valence electrons. The van der Waals surface area contributed by atoms with Gasteiger partial charge in [-0.25, -0.2) is 4.79 Å². The highest BCUT2D eigenvalue weighted by molar-refractivity contribution is 6.30. The highest BCUT2D eigenvalue weighted by atomic mass is 16.2. The van der Waals surface area contributed by atoms with E-state index in [0.717, 1.165) is 34.1 Å². The first-order chi connectivity index (χ1) is 10.9. The third kappa shape index (κ3) is 3.11. The summed E-state index contributed by atoms with van der Waals surface area (Å²) in [5, 5.41) is 0. The molecule has 0 unspecified atom stereocenters. The highest BCUT2D eigenvalue weighted by Gasteiger charge is 2.37. The van der Waals surface area contributed by atoms with E-state index in [9.17, 15) is 14.4 Å². The summed E-state index contributed by atoms with van der Waals surface area (Å²) in [4.78, 5) is 40.1. The van der Waals surface area contributed by atoms with Crippen molar-refractivity contribution in [2.75, 3.05) is 32.1 Å². The second-order valence-electron chi connectivity index (χ2n) is 5.33. The van der Waals surface area contributed by atoms with Crippen molar-refractivity contribution in [1.29, 1.82) is 0 Å². The minimum Gasteiger partial charge on any atom is -0.372 e. The molecule has 23 heavy (non-hydrogen) atoms. The number of likely N-dealkylation sites (N-methyl/N-ethyl adjacent to an activating group) is 2. The molecular formula is C17H21N3O3. The van der Waals surface area contributed by atoms with Gasteiger partial charge in [0.25, 0.3) is 11.8 Å². The van der Waals surface area contributed by atoms with Gasteiger partial charge in [0, 0.05) is 32.9 Å². The molecular weight excluding hydrogens is 294 g/mol. The van der Waals surface area contributed by atoms with Crippen molar-refractivity contribution < 1.29 is 14.4 Å². The maximum absolute atomic E-state index is 12.1. The summed E-state index contributed by atoms with van der Waals surface area (Å²) in [6.07, 6.45) is 1.52. The molecule has 1 fully saturated rings. The lowest BCUT2D eigenvalue weighted by atomic mass is 10.1. The van der Waals surface area contributed by atoms with Crippen molar-refractivity contribution in [2.45, 2.75) is 13.8 Å². The lowest BCUT2D eigenvalue weighted by Gasteiger charge is -2.28. The first-order valence-electron chi connectivity index (χ1n) is 7.57. The Hall–Kier alpha value is -2.63. The number of anilines is 1. The maximum Gasteiger partial charge on any atom is 0.333 e. The van der Waals surface area contributed by atoms with Crippen LogP contribution in [0.25, 0.3) is 6.08 Å². The minimum atomic E-state index is -0.617. The van der Waals surface area contributed by atoms with Crippen LogP contribution >= 0.6 is 0 Å². The second kappa shape index (κ2) is 6.64. The summed E-state index contributed by atoms with van der Waals surface area (Å²) in [5.74, 6) is -1.16. The smallest absolute Gasteiger partial charge is 0.333 e. The summed E-state index contributed by atoms with van der Waals surface area (Å²) in [7, 11) is 2.73. The number of imide groups is 2. The molecule has 0 spiro atoms. The predicted octanol–water partition coefficient (Wildman–Crippen LogP) is 1.97. The van der Waals surface area contributed by atoms with E-state index in [1.807, 2.05) is 24.3 Å². The summed E-state index contributed by atoms with van der Waals surface area (Å²) in [5.41, 5.74) is 1.82. The summed E-state index contributed by atoms with van der Waals surface area (Å²) < 4.78 is 0. The van der Waals surface area contributed by atoms with Gasteiger partial charge < -0.3 is 4.90 Å². The Morgan fingerprint density at radius 1 is 0.913 bits per heavy atom. The quantitative estimate of drug-likeness (QED) is 0.629. The Labute approximate surface area is 136 Å². The van der Waals surface area contributed by atoms with E-state index in [0.29, 0.717) is 0 Å². The zero-order valence-corrected chi connectivity index (χ0v) is 13.9. The van der Waals surface area contributed by atoms with E-state index < -0.39 is 17.8 Å². The Morgan fingerprint density at radius 3 is 1.83 bits per heavy atom. The number of nitrogens with zero attached hydrogens (tertiary/aromatic N) is 3. The van der Waals surface area contributed by atoms with Gasteiger partial charge in [-0.3, -0.25) is 19.4 Å². The van der Waals surface area contributed by atoms with E-state index in [-0.39, 0.29) is 5.57 Å². The van der Waals surface area contributed by atoms with E-state index in [2.05, 4.69) is 18.7 Å². The van der Waals surface area contributed by atoms with Crippen LogP contribution in [0.1, 0.15) is 19.4 Å². The first kappa shape index (κ1) is 16.7. The van der Waals surface area contributed by atoms with Gasteiger partial charge in [0.15, 0.2) is 0 Å². The third-order valence-electron chi connectivity index (χ3n) is 3.98. The number of urea groups is 1. The SMILES string of the molecule is CCN(CC)c1ccc(C=C2C(=O)N(C)C(=O)N(C)C2=O)cc1. The van der Waals surface area contributed by atoms with Gasteiger partial charge in [-0.05, 0) is 37.6 Å². The monoisotopic (exact) mass is 315 g/mol. The van der Waals surface area contributed by atoms with Crippen LogP contribution < -0.4 is 4.90 Å². The topological polar surface area (TPSA) is 60.9 Å². The summed E-state index contributed by atoms with van der Waals surface area (Å²) >= 11 is 0. The molecule has 1 aliphatic heterocycles. The largest absolute Gasteiger partial charge is 0.372 e. The van der Waals surface area contributed by atoms with Crippen LogP contribution in [-0.2, 0) is 9.59 Å². The van der Waals surface area contributed by atoms with Crippen molar-refractivity contribution in [3.63, 3.8) is 0 Å². The van der Waals surface area contributed by atoms with Gasteiger partial charge in [-0.2, -0.15) is 0 Å². The standard InChI is InChI=1S/C17H21N3O3/c1-5-20(6-2)13-9-7-12(8-10-13)11-14-15(21)18(3)17(23)19(4)16(14)22/h7-11H,5-6H2,1-4H3. The fraction of sp³-hybridized carbons (Fsp3) is 0.353. The molecule has 1 aromatic carbocycles. The minimum absolute atomic E-state index is 0.00908. The van der Waals surface area contributed by atoms with Gasteiger partial charge in [-0.15, -0.1) is 0 Å². The van der Waals surface area contributed by atoms with Crippen molar-refractivity contribution in [2.24, 2.45) is 0 Å². The Morgan fingerprint density at radius 2 is 1.39 bits per heavy atom.